The standard InChI is InChI=1S/C27H54N2O3/c1-6-8-9-10-11-12-13-14-15-16-17-18-19-20-23(5)26(30)28-21-24(7-2)25(27(31)32)29-22(3)4/h22-25,29H,6-21H2,1-5H3,(H,28,30)(H,31,32). The summed E-state index contributed by atoms with van der Waals surface area (Å²) in [5.41, 5.74) is 0. The van der Waals surface area contributed by atoms with E-state index in [1.54, 1.807) is 0 Å². The zero-order chi connectivity index (χ0) is 24.2. The Balaban J connectivity index is 3.83. The van der Waals surface area contributed by atoms with Crippen molar-refractivity contribution in [1.29, 1.82) is 0 Å². The molecule has 0 saturated heterocycles. The number of unbranched alkanes of at least 4 members (excludes halogenated alkanes) is 12. The average molecular weight is 455 g/mol. The predicted octanol–water partition coefficient (Wildman–Crippen LogP) is 6.70. The van der Waals surface area contributed by atoms with Crippen molar-refractivity contribution in [3.63, 3.8) is 0 Å². The van der Waals surface area contributed by atoms with Crippen LogP contribution >= 0.6 is 0 Å². The second-order valence-electron chi connectivity index (χ2n) is 9.98. The van der Waals surface area contributed by atoms with Crippen molar-refractivity contribution in [2.24, 2.45) is 11.8 Å². The molecule has 0 aromatic rings. The third kappa shape index (κ3) is 16.5. The molecule has 5 heteroatoms. The molecule has 32 heavy (non-hydrogen) atoms. The van der Waals surface area contributed by atoms with E-state index in [0.717, 1.165) is 12.8 Å². The maximum atomic E-state index is 12.4. The first-order valence-electron chi connectivity index (χ1n) is 13.6. The summed E-state index contributed by atoms with van der Waals surface area (Å²) < 4.78 is 0. The number of hydrogen-bond acceptors (Lipinski definition) is 3. The van der Waals surface area contributed by atoms with Gasteiger partial charge in [0.05, 0.1) is 0 Å². The number of aliphatic carboxylic acids is 1. The first kappa shape index (κ1) is 30.9. The SMILES string of the molecule is CCCCCCCCCCCCCCCC(C)C(=O)NCC(CC)C(NC(C)C)C(=O)O. The molecular formula is C27H54N2O3. The lowest BCUT2D eigenvalue weighted by Crippen LogP contribution is -2.49. The van der Waals surface area contributed by atoms with E-state index in [0.29, 0.717) is 13.0 Å². The lowest BCUT2D eigenvalue weighted by Gasteiger charge is -2.26. The van der Waals surface area contributed by atoms with Crippen LogP contribution in [0.15, 0.2) is 0 Å². The van der Waals surface area contributed by atoms with Crippen LogP contribution in [0.5, 0.6) is 0 Å². The summed E-state index contributed by atoms with van der Waals surface area (Å²) in [6.45, 7) is 10.5. The molecule has 0 saturated carbocycles. The molecule has 0 heterocycles. The Hall–Kier alpha value is -1.10. The highest BCUT2D eigenvalue weighted by molar-refractivity contribution is 5.78. The molecule has 190 valence electrons. The van der Waals surface area contributed by atoms with Crippen LogP contribution in [-0.4, -0.2) is 35.6 Å². The van der Waals surface area contributed by atoms with Crippen LogP contribution in [0.1, 0.15) is 131 Å². The summed E-state index contributed by atoms with van der Waals surface area (Å²) in [6.07, 6.45) is 18.9. The first-order valence-corrected chi connectivity index (χ1v) is 13.6. The minimum atomic E-state index is -0.847. The summed E-state index contributed by atoms with van der Waals surface area (Å²) in [4.78, 5) is 24.0. The number of carbonyl (C=O) groups excluding carboxylic acids is 1. The van der Waals surface area contributed by atoms with Gasteiger partial charge in [0, 0.05) is 24.4 Å². The zero-order valence-electron chi connectivity index (χ0n) is 21.9. The molecule has 3 atom stereocenters. The monoisotopic (exact) mass is 454 g/mol. The van der Waals surface area contributed by atoms with Crippen molar-refractivity contribution in [1.82, 2.24) is 10.6 Å². The molecule has 0 rings (SSSR count). The van der Waals surface area contributed by atoms with Gasteiger partial charge in [-0.1, -0.05) is 118 Å². The number of hydrogen-bond donors (Lipinski definition) is 3. The van der Waals surface area contributed by atoms with Crippen LogP contribution in [0.25, 0.3) is 0 Å². The molecule has 0 aromatic heterocycles. The fourth-order valence-corrected chi connectivity index (χ4v) is 4.27. The summed E-state index contributed by atoms with van der Waals surface area (Å²) in [7, 11) is 0. The van der Waals surface area contributed by atoms with Gasteiger partial charge in [0.2, 0.25) is 5.91 Å². The van der Waals surface area contributed by atoms with Gasteiger partial charge in [0.15, 0.2) is 0 Å². The number of carboxylic acid groups (broad SMARTS) is 1. The van der Waals surface area contributed by atoms with Gasteiger partial charge in [0.1, 0.15) is 6.04 Å². The molecule has 0 aliphatic rings. The minimum absolute atomic E-state index is 0.0125. The van der Waals surface area contributed by atoms with E-state index in [2.05, 4.69) is 17.6 Å². The topological polar surface area (TPSA) is 78.4 Å². The second-order valence-corrected chi connectivity index (χ2v) is 9.98. The third-order valence-electron chi connectivity index (χ3n) is 6.50. The van der Waals surface area contributed by atoms with Crippen molar-refractivity contribution in [3.05, 3.63) is 0 Å². The van der Waals surface area contributed by atoms with E-state index in [-0.39, 0.29) is 23.8 Å². The maximum absolute atomic E-state index is 12.4. The second kappa shape index (κ2) is 20.5. The van der Waals surface area contributed by atoms with Gasteiger partial charge in [0.25, 0.3) is 0 Å². The van der Waals surface area contributed by atoms with Crippen molar-refractivity contribution < 1.29 is 14.7 Å². The molecule has 0 fully saturated rings. The number of amides is 1. The van der Waals surface area contributed by atoms with Crippen LogP contribution in [-0.2, 0) is 9.59 Å². The molecule has 0 bridgehead atoms. The lowest BCUT2D eigenvalue weighted by molar-refractivity contribution is -0.141. The molecular weight excluding hydrogens is 400 g/mol. The fourth-order valence-electron chi connectivity index (χ4n) is 4.27. The molecule has 0 aromatic carbocycles. The highest BCUT2D eigenvalue weighted by Crippen LogP contribution is 2.15. The van der Waals surface area contributed by atoms with Gasteiger partial charge in [-0.3, -0.25) is 9.59 Å². The Kier molecular flexibility index (Phi) is 19.8. The van der Waals surface area contributed by atoms with Gasteiger partial charge in [-0.05, 0) is 12.8 Å². The van der Waals surface area contributed by atoms with Crippen LogP contribution in [0.2, 0.25) is 0 Å². The van der Waals surface area contributed by atoms with E-state index in [4.69, 9.17) is 0 Å². The highest BCUT2D eigenvalue weighted by atomic mass is 16.4. The molecule has 5 nitrogen and oxygen atoms in total. The Labute approximate surface area is 198 Å². The Bertz CT molecular complexity index is 468. The summed E-state index contributed by atoms with van der Waals surface area (Å²) in [5.74, 6) is -0.917. The third-order valence-corrected chi connectivity index (χ3v) is 6.50. The Morgan fingerprint density at radius 1 is 0.750 bits per heavy atom. The zero-order valence-corrected chi connectivity index (χ0v) is 21.9. The fraction of sp³-hybridized carbons (Fsp3) is 0.926. The van der Waals surface area contributed by atoms with Crippen molar-refractivity contribution in [2.75, 3.05) is 6.54 Å². The summed E-state index contributed by atoms with van der Waals surface area (Å²) in [6, 6.07) is -0.535. The highest BCUT2D eigenvalue weighted by Gasteiger charge is 2.28. The molecule has 0 aliphatic heterocycles. The van der Waals surface area contributed by atoms with Crippen LogP contribution in [0, 0.1) is 11.8 Å². The summed E-state index contributed by atoms with van der Waals surface area (Å²) >= 11 is 0. The van der Waals surface area contributed by atoms with E-state index in [9.17, 15) is 14.7 Å². The van der Waals surface area contributed by atoms with Crippen LogP contribution in [0.4, 0.5) is 0 Å². The molecule has 1 amide bonds. The van der Waals surface area contributed by atoms with Crippen molar-refractivity contribution >= 4 is 11.9 Å². The lowest BCUT2D eigenvalue weighted by atomic mass is 9.95. The summed E-state index contributed by atoms with van der Waals surface area (Å²) in [5, 5.41) is 15.6. The number of nitrogens with one attached hydrogen (secondary N) is 2. The molecule has 0 radical (unpaired) electrons. The average Bonchev–Trinajstić information content (AvgIpc) is 2.75. The van der Waals surface area contributed by atoms with Crippen molar-refractivity contribution in [2.45, 2.75) is 143 Å². The molecule has 0 aliphatic carbocycles. The van der Waals surface area contributed by atoms with Crippen LogP contribution in [0.3, 0.4) is 0 Å². The van der Waals surface area contributed by atoms with Gasteiger partial charge >= 0.3 is 5.97 Å². The van der Waals surface area contributed by atoms with Crippen LogP contribution < -0.4 is 10.6 Å². The number of carbonyl (C=O) groups is 2. The molecule has 3 unspecified atom stereocenters. The Morgan fingerprint density at radius 3 is 1.62 bits per heavy atom. The van der Waals surface area contributed by atoms with Gasteiger partial charge in [-0.15, -0.1) is 0 Å². The normalized spacial score (nSPS) is 14.3. The largest absolute Gasteiger partial charge is 0.480 e. The van der Waals surface area contributed by atoms with Gasteiger partial charge < -0.3 is 15.7 Å². The number of carboxylic acids is 1. The predicted molar refractivity (Wildman–Crippen MR) is 136 cm³/mol. The van der Waals surface area contributed by atoms with E-state index in [1.165, 1.54) is 77.0 Å². The van der Waals surface area contributed by atoms with E-state index >= 15 is 0 Å². The molecule has 0 spiro atoms. The quantitative estimate of drug-likeness (QED) is 0.159. The minimum Gasteiger partial charge on any atom is -0.480 e. The Morgan fingerprint density at radius 2 is 1.22 bits per heavy atom. The van der Waals surface area contributed by atoms with E-state index < -0.39 is 12.0 Å². The van der Waals surface area contributed by atoms with Gasteiger partial charge in [-0.2, -0.15) is 0 Å². The van der Waals surface area contributed by atoms with Gasteiger partial charge in [-0.25, -0.2) is 0 Å². The first-order chi connectivity index (χ1) is 15.3. The van der Waals surface area contributed by atoms with E-state index in [1.807, 2.05) is 27.7 Å². The number of rotatable bonds is 22. The smallest absolute Gasteiger partial charge is 0.321 e. The van der Waals surface area contributed by atoms with Crippen molar-refractivity contribution in [3.8, 4) is 0 Å². The maximum Gasteiger partial charge on any atom is 0.321 e. The molecule has 3 N–H and O–H groups in total.